The summed E-state index contributed by atoms with van der Waals surface area (Å²) < 4.78 is 2.39. The Hall–Kier alpha value is -2.04. The van der Waals surface area contributed by atoms with Crippen LogP contribution in [0, 0.1) is 16.7 Å². The first-order valence-electron chi connectivity index (χ1n) is 12.9. The highest BCUT2D eigenvalue weighted by Gasteiger charge is 2.51. The maximum Gasteiger partial charge on any atom is 0.254 e. The summed E-state index contributed by atoms with van der Waals surface area (Å²) in [6.07, 6.45) is 12.8. The molecule has 2 rings (SSSR count). The number of hydrogen-bond donors (Lipinski definition) is 0. The van der Waals surface area contributed by atoms with Crippen molar-refractivity contribution in [3.05, 3.63) is 86.5 Å². The average Bonchev–Trinajstić information content (AvgIpc) is 3.07. The van der Waals surface area contributed by atoms with Gasteiger partial charge in [0.05, 0.1) is 0 Å². The fourth-order valence-electron chi connectivity index (χ4n) is 4.95. The molecule has 0 saturated heterocycles. The summed E-state index contributed by atoms with van der Waals surface area (Å²) in [5, 5.41) is 0. The van der Waals surface area contributed by atoms with Crippen LogP contribution in [0.1, 0.15) is 63.7 Å². The van der Waals surface area contributed by atoms with E-state index in [0.29, 0.717) is 29.5 Å². The van der Waals surface area contributed by atoms with Gasteiger partial charge in [-0.3, -0.25) is 4.79 Å². The summed E-state index contributed by atoms with van der Waals surface area (Å²) >= 11 is 2.00. The molecule has 1 amide bonds. The first-order chi connectivity index (χ1) is 16.7. The van der Waals surface area contributed by atoms with Gasteiger partial charge in [0.1, 0.15) is 0 Å². The van der Waals surface area contributed by atoms with Gasteiger partial charge in [-0.25, -0.2) is 4.31 Å². The molecule has 0 bridgehead atoms. The lowest BCUT2D eigenvalue weighted by Gasteiger charge is -2.44. The van der Waals surface area contributed by atoms with Crippen LogP contribution in [0.2, 0.25) is 0 Å². The van der Waals surface area contributed by atoms with E-state index in [2.05, 4.69) is 58.3 Å². The van der Waals surface area contributed by atoms with Crippen molar-refractivity contribution < 1.29 is 4.79 Å². The quantitative estimate of drug-likeness (QED) is 0.192. The monoisotopic (exact) mass is 496 g/mol. The Kier molecular flexibility index (Phi) is 14.0. The number of benzene rings is 1. The van der Waals surface area contributed by atoms with Gasteiger partial charge in [0, 0.05) is 37.5 Å². The number of rotatable bonds is 14. The summed E-state index contributed by atoms with van der Waals surface area (Å²) in [7, 11) is 0. The summed E-state index contributed by atoms with van der Waals surface area (Å²) in [5.74, 6) is 2.08. The van der Waals surface area contributed by atoms with E-state index < -0.39 is 0 Å². The molecule has 1 aliphatic carbocycles. The van der Waals surface area contributed by atoms with Crippen LogP contribution in [0.3, 0.4) is 0 Å². The van der Waals surface area contributed by atoms with Crippen LogP contribution in [0.15, 0.2) is 81.0 Å². The normalized spacial score (nSPS) is 20.4. The topological polar surface area (TPSA) is 23.6 Å². The molecule has 1 aromatic rings. The van der Waals surface area contributed by atoms with Gasteiger partial charge in [-0.2, -0.15) is 0 Å². The van der Waals surface area contributed by atoms with Gasteiger partial charge in [-0.1, -0.05) is 88.6 Å². The Balaban J connectivity index is 0.000000365. The molecule has 0 N–H and O–H groups in total. The Morgan fingerprint density at radius 1 is 1.00 bits per heavy atom. The molecule has 0 radical (unpaired) electrons. The number of carbonyl (C=O) groups is 1. The van der Waals surface area contributed by atoms with Crippen molar-refractivity contribution >= 4 is 17.9 Å². The number of carbonyl (C=O) groups excluding carboxylic acids is 1. The van der Waals surface area contributed by atoms with Crippen LogP contribution in [0.5, 0.6) is 0 Å². The molecule has 1 aromatic carbocycles. The van der Waals surface area contributed by atoms with Crippen molar-refractivity contribution in [1.82, 2.24) is 9.21 Å². The number of amides is 1. The zero-order valence-electron chi connectivity index (χ0n) is 22.7. The van der Waals surface area contributed by atoms with E-state index in [-0.39, 0.29) is 5.91 Å². The SMILES string of the molecule is C=CCN(CC=C)C(=O)c1ccccc1.C=CCN(CC=C)SCC1(CCC)CCC(C)C1(C)C. The van der Waals surface area contributed by atoms with Crippen molar-refractivity contribution in [2.45, 2.75) is 53.4 Å². The molecule has 0 aliphatic heterocycles. The zero-order chi connectivity index (χ0) is 26.3. The fourth-order valence-corrected chi connectivity index (χ4v) is 6.46. The molecule has 1 aliphatic rings. The summed E-state index contributed by atoms with van der Waals surface area (Å²) in [5.41, 5.74) is 1.64. The molecule has 35 heavy (non-hydrogen) atoms. The molecule has 2 atom stereocenters. The lowest BCUT2D eigenvalue weighted by atomic mass is 9.64. The minimum atomic E-state index is 0.00963. The minimum absolute atomic E-state index is 0.00963. The van der Waals surface area contributed by atoms with Gasteiger partial charge in [0.2, 0.25) is 0 Å². The second kappa shape index (κ2) is 15.9. The molecule has 194 valence electrons. The van der Waals surface area contributed by atoms with Crippen LogP contribution in [0.25, 0.3) is 0 Å². The average molecular weight is 497 g/mol. The predicted octanol–water partition coefficient (Wildman–Crippen LogP) is 8.05. The van der Waals surface area contributed by atoms with Crippen molar-refractivity contribution in [3.8, 4) is 0 Å². The van der Waals surface area contributed by atoms with Crippen molar-refractivity contribution in [2.24, 2.45) is 16.7 Å². The van der Waals surface area contributed by atoms with E-state index in [1.165, 1.54) is 31.4 Å². The van der Waals surface area contributed by atoms with Crippen molar-refractivity contribution in [2.75, 3.05) is 31.9 Å². The van der Waals surface area contributed by atoms with E-state index in [1.54, 1.807) is 17.1 Å². The van der Waals surface area contributed by atoms with Crippen LogP contribution in [-0.2, 0) is 0 Å². The zero-order valence-corrected chi connectivity index (χ0v) is 23.5. The standard InChI is InChI=1S/C18H33NS.C13H15NO/c1-7-11-18(12-10-16(4)17(18,5)6)15-20-19(13-8-2)14-9-3;1-3-10-14(11-4-2)13(15)12-8-6-5-7-9-12/h8-9,16H,2-3,7,10-15H2,1,4-6H3;3-9H,1-2,10-11H2. The smallest absolute Gasteiger partial charge is 0.254 e. The largest absolute Gasteiger partial charge is 0.331 e. The van der Waals surface area contributed by atoms with E-state index in [4.69, 9.17) is 0 Å². The third kappa shape index (κ3) is 8.84. The highest BCUT2D eigenvalue weighted by atomic mass is 32.2. The van der Waals surface area contributed by atoms with Crippen molar-refractivity contribution in [1.29, 1.82) is 0 Å². The summed E-state index contributed by atoms with van der Waals surface area (Å²) in [4.78, 5) is 13.6. The third-order valence-electron chi connectivity index (χ3n) is 7.58. The second-order valence-corrected chi connectivity index (χ2v) is 11.1. The van der Waals surface area contributed by atoms with E-state index in [0.717, 1.165) is 19.0 Å². The van der Waals surface area contributed by atoms with Crippen molar-refractivity contribution in [3.63, 3.8) is 0 Å². The summed E-state index contributed by atoms with van der Waals surface area (Å²) in [6.45, 7) is 27.7. The predicted molar refractivity (Wildman–Crippen MR) is 157 cm³/mol. The van der Waals surface area contributed by atoms with E-state index in [1.807, 2.05) is 54.4 Å². The van der Waals surface area contributed by atoms with E-state index >= 15 is 0 Å². The maximum atomic E-state index is 12.0. The molecule has 1 fully saturated rings. The Morgan fingerprint density at radius 2 is 1.54 bits per heavy atom. The van der Waals surface area contributed by atoms with Crippen LogP contribution in [-0.4, -0.2) is 47.0 Å². The molecule has 0 aromatic heterocycles. The molecule has 0 heterocycles. The maximum absolute atomic E-state index is 12.0. The fraction of sp³-hybridized carbons (Fsp3) is 0.516. The molecule has 2 unspecified atom stereocenters. The van der Waals surface area contributed by atoms with Gasteiger partial charge in [-0.15, -0.1) is 26.3 Å². The van der Waals surface area contributed by atoms with Gasteiger partial charge < -0.3 is 4.90 Å². The molecule has 3 nitrogen and oxygen atoms in total. The number of nitrogens with zero attached hydrogens (tertiary/aromatic N) is 2. The van der Waals surface area contributed by atoms with E-state index in [9.17, 15) is 4.79 Å². The molecule has 0 spiro atoms. The Bertz CT molecular complexity index is 779. The van der Waals surface area contributed by atoms with Gasteiger partial charge in [0.15, 0.2) is 0 Å². The molecule has 4 heteroatoms. The van der Waals surface area contributed by atoms with Crippen LogP contribution < -0.4 is 0 Å². The third-order valence-corrected chi connectivity index (χ3v) is 8.92. The lowest BCUT2D eigenvalue weighted by molar-refractivity contribution is 0.0791. The second-order valence-electron chi connectivity index (χ2n) is 10.0. The first kappa shape index (κ1) is 31.0. The molecular formula is C31H48N2OS. The van der Waals surface area contributed by atoms with Gasteiger partial charge >= 0.3 is 0 Å². The Labute approximate surface area is 220 Å². The number of hydrogen-bond acceptors (Lipinski definition) is 3. The summed E-state index contributed by atoms with van der Waals surface area (Å²) in [6, 6.07) is 9.21. The highest BCUT2D eigenvalue weighted by molar-refractivity contribution is 7.97. The van der Waals surface area contributed by atoms with Gasteiger partial charge in [-0.05, 0) is 48.1 Å². The van der Waals surface area contributed by atoms with Crippen LogP contribution in [0.4, 0.5) is 0 Å². The highest BCUT2D eigenvalue weighted by Crippen LogP contribution is 2.59. The Morgan fingerprint density at radius 3 is 1.97 bits per heavy atom. The minimum Gasteiger partial charge on any atom is -0.331 e. The van der Waals surface area contributed by atoms with Crippen LogP contribution >= 0.6 is 11.9 Å². The lowest BCUT2D eigenvalue weighted by Crippen LogP contribution is -2.39. The first-order valence-corrected chi connectivity index (χ1v) is 13.8. The van der Waals surface area contributed by atoms with Gasteiger partial charge in [0.25, 0.3) is 5.91 Å². The molecule has 1 saturated carbocycles. The molecular weight excluding hydrogens is 448 g/mol.